The summed E-state index contributed by atoms with van der Waals surface area (Å²) in [5, 5.41) is 9.10. The van der Waals surface area contributed by atoms with Gasteiger partial charge in [0.1, 0.15) is 23.5 Å². The van der Waals surface area contributed by atoms with Gasteiger partial charge < -0.3 is 15.2 Å². The molecule has 0 aromatic heterocycles. The van der Waals surface area contributed by atoms with E-state index < -0.39 is 0 Å². The van der Waals surface area contributed by atoms with Crippen LogP contribution in [0.5, 0.6) is 11.5 Å². The molecule has 134 valence electrons. The molecular formula is C19H16BrFN2O2S. The van der Waals surface area contributed by atoms with Crippen molar-refractivity contribution in [2.45, 2.75) is 13.5 Å². The lowest BCUT2D eigenvalue weighted by molar-refractivity contribution is 0.264. The number of hydrogen-bond donors (Lipinski definition) is 1. The predicted octanol–water partition coefficient (Wildman–Crippen LogP) is 4.76. The fourth-order valence-corrected chi connectivity index (χ4v) is 2.84. The van der Waals surface area contributed by atoms with Gasteiger partial charge >= 0.3 is 0 Å². The Hall–Kier alpha value is -2.43. The van der Waals surface area contributed by atoms with Crippen LogP contribution in [-0.4, -0.2) is 11.6 Å². The topological polar surface area (TPSA) is 68.3 Å². The summed E-state index contributed by atoms with van der Waals surface area (Å²) in [7, 11) is 0. The molecule has 0 spiro atoms. The highest BCUT2D eigenvalue weighted by Gasteiger charge is 2.14. The Morgan fingerprint density at radius 3 is 2.69 bits per heavy atom. The minimum Gasteiger partial charge on any atom is -0.490 e. The molecule has 0 aliphatic heterocycles. The molecule has 0 bridgehead atoms. The number of thiocarbonyl (C=S) groups is 1. The quantitative estimate of drug-likeness (QED) is 0.386. The molecule has 0 heterocycles. The van der Waals surface area contributed by atoms with Crippen LogP contribution in [0.15, 0.2) is 46.4 Å². The highest BCUT2D eigenvalue weighted by Crippen LogP contribution is 2.38. The molecule has 26 heavy (non-hydrogen) atoms. The minimum atomic E-state index is -0.337. The number of rotatable bonds is 7. The first-order valence-electron chi connectivity index (χ1n) is 7.70. The zero-order valence-electron chi connectivity index (χ0n) is 14.0. The first-order valence-corrected chi connectivity index (χ1v) is 8.90. The van der Waals surface area contributed by atoms with Gasteiger partial charge in [0, 0.05) is 5.56 Å². The van der Waals surface area contributed by atoms with Crippen LogP contribution in [0.2, 0.25) is 0 Å². The predicted molar refractivity (Wildman–Crippen MR) is 106 cm³/mol. The van der Waals surface area contributed by atoms with Crippen LogP contribution >= 0.6 is 28.1 Å². The Kier molecular flexibility index (Phi) is 7.13. The lowest BCUT2D eigenvalue weighted by Gasteiger charge is -2.15. The van der Waals surface area contributed by atoms with Crippen molar-refractivity contribution < 1.29 is 13.9 Å². The largest absolute Gasteiger partial charge is 0.490 e. The van der Waals surface area contributed by atoms with Gasteiger partial charge in [-0.05, 0) is 52.7 Å². The van der Waals surface area contributed by atoms with E-state index in [9.17, 15) is 4.39 Å². The number of halogens is 2. The van der Waals surface area contributed by atoms with Crippen LogP contribution in [-0.2, 0) is 6.61 Å². The summed E-state index contributed by atoms with van der Waals surface area (Å²) in [6.07, 6.45) is 1.57. The van der Waals surface area contributed by atoms with E-state index in [1.165, 1.54) is 6.07 Å². The van der Waals surface area contributed by atoms with Crippen LogP contribution in [0.4, 0.5) is 4.39 Å². The van der Waals surface area contributed by atoms with E-state index in [-0.39, 0.29) is 23.0 Å². The summed E-state index contributed by atoms with van der Waals surface area (Å²) >= 11 is 8.28. The maximum atomic E-state index is 13.8. The molecule has 0 saturated carbocycles. The van der Waals surface area contributed by atoms with Crippen LogP contribution in [0.3, 0.4) is 0 Å². The third kappa shape index (κ3) is 5.04. The van der Waals surface area contributed by atoms with Crippen molar-refractivity contribution in [3.63, 3.8) is 0 Å². The molecule has 0 saturated heterocycles. The summed E-state index contributed by atoms with van der Waals surface area (Å²) in [6.45, 7) is 2.31. The zero-order valence-corrected chi connectivity index (χ0v) is 16.4. The highest BCUT2D eigenvalue weighted by molar-refractivity contribution is 9.10. The van der Waals surface area contributed by atoms with E-state index in [0.29, 0.717) is 33.7 Å². The molecule has 0 radical (unpaired) electrons. The summed E-state index contributed by atoms with van der Waals surface area (Å²) in [5.74, 6) is 0.571. The van der Waals surface area contributed by atoms with E-state index >= 15 is 0 Å². The average molecular weight is 435 g/mol. The van der Waals surface area contributed by atoms with E-state index in [1.807, 2.05) is 13.0 Å². The molecule has 0 amide bonds. The van der Waals surface area contributed by atoms with Gasteiger partial charge in [0.05, 0.1) is 16.7 Å². The molecule has 2 aromatic rings. The molecule has 7 heteroatoms. The monoisotopic (exact) mass is 434 g/mol. The maximum Gasteiger partial charge on any atom is 0.175 e. The van der Waals surface area contributed by atoms with Gasteiger partial charge in [0.2, 0.25) is 0 Å². The second-order valence-corrected chi connectivity index (χ2v) is 6.47. The lowest BCUT2D eigenvalue weighted by atomic mass is 10.1. The van der Waals surface area contributed by atoms with Crippen LogP contribution in [0, 0.1) is 17.1 Å². The third-order valence-corrected chi connectivity index (χ3v) is 4.17. The molecular weight excluding hydrogens is 419 g/mol. The number of nitrogens with two attached hydrogens (primary N) is 1. The number of nitrogens with zero attached hydrogens (tertiary/aromatic N) is 1. The number of benzene rings is 2. The van der Waals surface area contributed by atoms with Gasteiger partial charge in [0.15, 0.2) is 11.5 Å². The molecule has 4 nitrogen and oxygen atoms in total. The van der Waals surface area contributed by atoms with Crippen molar-refractivity contribution >= 4 is 39.2 Å². The Bertz CT molecular complexity index is 894. The number of ether oxygens (including phenoxy) is 2. The maximum absolute atomic E-state index is 13.8. The Balaban J connectivity index is 2.36. The van der Waals surface area contributed by atoms with Gasteiger partial charge in [-0.15, -0.1) is 0 Å². The number of nitriles is 1. The molecule has 0 fully saturated rings. The Morgan fingerprint density at radius 1 is 1.35 bits per heavy atom. The first kappa shape index (κ1) is 19.9. The molecule has 0 atom stereocenters. The van der Waals surface area contributed by atoms with Gasteiger partial charge in [-0.2, -0.15) is 5.26 Å². The lowest BCUT2D eigenvalue weighted by Crippen LogP contribution is -2.09. The standard InChI is InChI=1S/C19H16BrFN2O2S/c1-2-24-17-9-12(7-14(10-22)19(23)26)8-15(20)18(17)25-11-13-5-3-4-6-16(13)21/h3-9H,2,11H2,1H3,(H2,23,26)/b14-7-. The van der Waals surface area contributed by atoms with Gasteiger partial charge in [0.25, 0.3) is 0 Å². The number of hydrogen-bond acceptors (Lipinski definition) is 4. The SMILES string of the molecule is CCOc1cc(/C=C(/C#N)C(N)=S)cc(Br)c1OCc1ccccc1F. The van der Waals surface area contributed by atoms with Crippen molar-refractivity contribution in [1.29, 1.82) is 5.26 Å². The average Bonchev–Trinajstić information content (AvgIpc) is 2.60. The second-order valence-electron chi connectivity index (χ2n) is 5.18. The summed E-state index contributed by atoms with van der Waals surface area (Å²) in [6, 6.07) is 11.8. The van der Waals surface area contributed by atoms with Crippen molar-refractivity contribution in [2.24, 2.45) is 5.73 Å². The third-order valence-electron chi connectivity index (χ3n) is 3.36. The van der Waals surface area contributed by atoms with E-state index in [4.69, 9.17) is 32.7 Å². The van der Waals surface area contributed by atoms with Gasteiger partial charge in [-0.1, -0.05) is 30.4 Å². The molecule has 0 aliphatic rings. The van der Waals surface area contributed by atoms with E-state index in [2.05, 4.69) is 15.9 Å². The highest BCUT2D eigenvalue weighted by atomic mass is 79.9. The van der Waals surface area contributed by atoms with Crippen LogP contribution < -0.4 is 15.2 Å². The summed E-state index contributed by atoms with van der Waals surface area (Å²) in [5.41, 5.74) is 6.82. The zero-order chi connectivity index (χ0) is 19.1. The van der Waals surface area contributed by atoms with Gasteiger partial charge in [-0.25, -0.2) is 4.39 Å². The Morgan fingerprint density at radius 2 is 2.08 bits per heavy atom. The van der Waals surface area contributed by atoms with E-state index in [0.717, 1.165) is 0 Å². The van der Waals surface area contributed by atoms with Crippen molar-refractivity contribution in [3.05, 3.63) is 63.4 Å². The van der Waals surface area contributed by atoms with E-state index in [1.54, 1.807) is 36.4 Å². The van der Waals surface area contributed by atoms with Crippen LogP contribution in [0.25, 0.3) is 6.08 Å². The van der Waals surface area contributed by atoms with Gasteiger partial charge in [-0.3, -0.25) is 0 Å². The Labute approximate surface area is 165 Å². The molecule has 2 N–H and O–H groups in total. The normalized spacial score (nSPS) is 10.9. The molecule has 0 aliphatic carbocycles. The molecule has 2 aromatic carbocycles. The van der Waals surface area contributed by atoms with Crippen LogP contribution in [0.1, 0.15) is 18.1 Å². The summed E-state index contributed by atoms with van der Waals surface area (Å²) < 4.78 is 25.8. The first-order chi connectivity index (χ1) is 12.5. The fraction of sp³-hybridized carbons (Fsp3) is 0.158. The molecule has 0 unspecified atom stereocenters. The smallest absolute Gasteiger partial charge is 0.175 e. The second kappa shape index (κ2) is 9.32. The van der Waals surface area contributed by atoms with Crippen molar-refractivity contribution in [3.8, 4) is 17.6 Å². The molecule has 2 rings (SSSR count). The summed E-state index contributed by atoms with van der Waals surface area (Å²) in [4.78, 5) is 0.0152. The fourth-order valence-electron chi connectivity index (χ4n) is 2.16. The minimum absolute atomic E-state index is 0.0152. The van der Waals surface area contributed by atoms with Crippen molar-refractivity contribution in [1.82, 2.24) is 0 Å². The van der Waals surface area contributed by atoms with Crippen molar-refractivity contribution in [2.75, 3.05) is 6.61 Å².